The average molecular weight is 371 g/mol. The van der Waals surface area contributed by atoms with Crippen molar-refractivity contribution in [2.75, 3.05) is 32.2 Å². The lowest BCUT2D eigenvalue weighted by Crippen LogP contribution is -2.23. The SMILES string of the molecule is CCOc1ccc(OCC)c(NC(N)=NCCc2ccc(C)c(OC)c2)c1. The highest BCUT2D eigenvalue weighted by molar-refractivity contribution is 5.94. The highest BCUT2D eigenvalue weighted by Crippen LogP contribution is 2.29. The molecular weight excluding hydrogens is 342 g/mol. The number of aliphatic imine (C=N–C) groups is 1. The number of benzene rings is 2. The van der Waals surface area contributed by atoms with Crippen LogP contribution in [0.1, 0.15) is 25.0 Å². The maximum Gasteiger partial charge on any atom is 0.193 e. The predicted octanol–water partition coefficient (Wildman–Crippen LogP) is 3.77. The summed E-state index contributed by atoms with van der Waals surface area (Å²) >= 11 is 0. The second kappa shape index (κ2) is 10.3. The van der Waals surface area contributed by atoms with Gasteiger partial charge in [0.15, 0.2) is 5.96 Å². The molecule has 0 aliphatic carbocycles. The lowest BCUT2D eigenvalue weighted by atomic mass is 10.1. The highest BCUT2D eigenvalue weighted by Gasteiger charge is 2.07. The summed E-state index contributed by atoms with van der Waals surface area (Å²) in [6.07, 6.45) is 0.774. The van der Waals surface area contributed by atoms with Gasteiger partial charge in [0.1, 0.15) is 17.2 Å². The Morgan fingerprint density at radius 2 is 1.81 bits per heavy atom. The van der Waals surface area contributed by atoms with Gasteiger partial charge in [-0.2, -0.15) is 0 Å². The largest absolute Gasteiger partial charge is 0.496 e. The molecule has 6 heteroatoms. The Balaban J connectivity index is 2.03. The van der Waals surface area contributed by atoms with Crippen molar-refractivity contribution in [1.82, 2.24) is 0 Å². The van der Waals surface area contributed by atoms with E-state index in [2.05, 4.69) is 16.4 Å². The maximum atomic E-state index is 6.06. The molecule has 2 rings (SSSR count). The molecule has 0 aliphatic rings. The van der Waals surface area contributed by atoms with E-state index in [1.807, 2.05) is 51.1 Å². The van der Waals surface area contributed by atoms with E-state index in [-0.39, 0.29) is 0 Å². The monoisotopic (exact) mass is 371 g/mol. The molecular formula is C21H29N3O3. The highest BCUT2D eigenvalue weighted by atomic mass is 16.5. The molecule has 146 valence electrons. The zero-order valence-electron chi connectivity index (χ0n) is 16.5. The van der Waals surface area contributed by atoms with E-state index in [1.54, 1.807) is 7.11 Å². The molecule has 0 amide bonds. The smallest absolute Gasteiger partial charge is 0.193 e. The van der Waals surface area contributed by atoms with E-state index in [4.69, 9.17) is 19.9 Å². The number of hydrogen-bond donors (Lipinski definition) is 2. The summed E-state index contributed by atoms with van der Waals surface area (Å²) in [6.45, 7) is 7.63. The van der Waals surface area contributed by atoms with Gasteiger partial charge in [0.05, 0.1) is 26.0 Å². The van der Waals surface area contributed by atoms with E-state index < -0.39 is 0 Å². The van der Waals surface area contributed by atoms with Crippen LogP contribution in [0.5, 0.6) is 17.2 Å². The lowest BCUT2D eigenvalue weighted by molar-refractivity contribution is 0.332. The van der Waals surface area contributed by atoms with Crippen LogP contribution in [0.25, 0.3) is 0 Å². The first-order valence-electron chi connectivity index (χ1n) is 9.17. The zero-order valence-corrected chi connectivity index (χ0v) is 16.5. The molecule has 0 spiro atoms. The third-order valence-electron chi connectivity index (χ3n) is 3.98. The molecule has 27 heavy (non-hydrogen) atoms. The molecule has 0 saturated carbocycles. The fourth-order valence-electron chi connectivity index (χ4n) is 2.65. The minimum Gasteiger partial charge on any atom is -0.496 e. The van der Waals surface area contributed by atoms with Gasteiger partial charge in [-0.25, -0.2) is 0 Å². The zero-order chi connectivity index (χ0) is 19.6. The molecule has 0 saturated heterocycles. The number of anilines is 1. The van der Waals surface area contributed by atoms with Crippen LogP contribution in [-0.4, -0.2) is 32.8 Å². The Morgan fingerprint density at radius 3 is 2.52 bits per heavy atom. The first kappa shape index (κ1) is 20.4. The van der Waals surface area contributed by atoms with Crippen molar-refractivity contribution in [3.63, 3.8) is 0 Å². The summed E-state index contributed by atoms with van der Waals surface area (Å²) in [6, 6.07) is 11.8. The number of nitrogens with one attached hydrogen (secondary N) is 1. The molecule has 3 N–H and O–H groups in total. The molecule has 0 radical (unpaired) electrons. The van der Waals surface area contributed by atoms with E-state index in [0.29, 0.717) is 31.5 Å². The van der Waals surface area contributed by atoms with E-state index in [1.165, 1.54) is 0 Å². The van der Waals surface area contributed by atoms with Crippen molar-refractivity contribution in [3.8, 4) is 17.2 Å². The second-order valence-electron chi connectivity index (χ2n) is 5.97. The number of rotatable bonds is 9. The number of ether oxygens (including phenoxy) is 3. The summed E-state index contributed by atoms with van der Waals surface area (Å²) in [5.74, 6) is 2.69. The number of nitrogens with two attached hydrogens (primary N) is 1. The average Bonchev–Trinajstić information content (AvgIpc) is 2.65. The van der Waals surface area contributed by atoms with Crippen LogP contribution in [0.15, 0.2) is 41.4 Å². The minimum absolute atomic E-state index is 0.337. The molecule has 2 aromatic carbocycles. The Morgan fingerprint density at radius 1 is 1.04 bits per heavy atom. The van der Waals surface area contributed by atoms with Gasteiger partial charge in [0.2, 0.25) is 0 Å². The Labute approximate surface area is 161 Å². The van der Waals surface area contributed by atoms with Crippen LogP contribution in [0, 0.1) is 6.92 Å². The van der Waals surface area contributed by atoms with E-state index in [0.717, 1.165) is 34.7 Å². The third-order valence-corrected chi connectivity index (χ3v) is 3.98. The summed E-state index contributed by atoms with van der Waals surface area (Å²) in [7, 11) is 1.68. The van der Waals surface area contributed by atoms with Gasteiger partial charge in [-0.3, -0.25) is 4.99 Å². The van der Waals surface area contributed by atoms with Crippen LogP contribution in [0.4, 0.5) is 5.69 Å². The predicted molar refractivity (Wildman–Crippen MR) is 110 cm³/mol. The van der Waals surface area contributed by atoms with Gasteiger partial charge >= 0.3 is 0 Å². The van der Waals surface area contributed by atoms with Crippen molar-refractivity contribution in [3.05, 3.63) is 47.5 Å². The molecule has 0 aliphatic heterocycles. The number of guanidine groups is 1. The summed E-state index contributed by atoms with van der Waals surface area (Å²) < 4.78 is 16.5. The van der Waals surface area contributed by atoms with Gasteiger partial charge in [0.25, 0.3) is 0 Å². The Hall–Kier alpha value is -2.89. The number of nitrogens with zero attached hydrogens (tertiary/aromatic N) is 1. The van der Waals surface area contributed by atoms with Crippen LogP contribution in [0.3, 0.4) is 0 Å². The van der Waals surface area contributed by atoms with Crippen molar-refractivity contribution < 1.29 is 14.2 Å². The fourth-order valence-corrected chi connectivity index (χ4v) is 2.65. The first-order chi connectivity index (χ1) is 13.1. The molecule has 0 bridgehead atoms. The summed E-state index contributed by atoms with van der Waals surface area (Å²) in [5, 5.41) is 3.11. The molecule has 0 unspecified atom stereocenters. The maximum absolute atomic E-state index is 6.06. The Kier molecular flexibility index (Phi) is 7.79. The van der Waals surface area contributed by atoms with Crippen molar-refractivity contribution in [2.24, 2.45) is 10.7 Å². The van der Waals surface area contributed by atoms with Gasteiger partial charge in [-0.15, -0.1) is 0 Å². The summed E-state index contributed by atoms with van der Waals surface area (Å²) in [4.78, 5) is 4.42. The van der Waals surface area contributed by atoms with Crippen LogP contribution in [-0.2, 0) is 6.42 Å². The van der Waals surface area contributed by atoms with Crippen LogP contribution < -0.4 is 25.3 Å². The van der Waals surface area contributed by atoms with Gasteiger partial charge in [-0.1, -0.05) is 12.1 Å². The first-order valence-corrected chi connectivity index (χ1v) is 9.17. The molecule has 0 fully saturated rings. The quantitative estimate of drug-likeness (QED) is 0.518. The molecule has 0 heterocycles. The second-order valence-corrected chi connectivity index (χ2v) is 5.97. The van der Waals surface area contributed by atoms with Crippen molar-refractivity contribution in [1.29, 1.82) is 0 Å². The van der Waals surface area contributed by atoms with E-state index in [9.17, 15) is 0 Å². The van der Waals surface area contributed by atoms with Gasteiger partial charge in [-0.05, 0) is 56.5 Å². The summed E-state index contributed by atoms with van der Waals surface area (Å²) in [5.41, 5.74) is 9.06. The van der Waals surface area contributed by atoms with Crippen LogP contribution in [0.2, 0.25) is 0 Å². The van der Waals surface area contributed by atoms with E-state index >= 15 is 0 Å². The van der Waals surface area contributed by atoms with Crippen molar-refractivity contribution in [2.45, 2.75) is 27.2 Å². The molecule has 0 aromatic heterocycles. The standard InChI is InChI=1S/C21H29N3O3/c1-5-26-17-9-10-19(27-6-2)18(14-17)24-21(22)23-12-11-16-8-7-15(3)20(13-16)25-4/h7-10,13-14H,5-6,11-12H2,1-4H3,(H3,22,23,24). The minimum atomic E-state index is 0.337. The number of hydrogen-bond acceptors (Lipinski definition) is 4. The molecule has 2 aromatic rings. The normalized spacial score (nSPS) is 11.2. The van der Waals surface area contributed by atoms with Crippen molar-refractivity contribution >= 4 is 11.6 Å². The number of methoxy groups -OCH3 is 1. The van der Waals surface area contributed by atoms with Gasteiger partial charge < -0.3 is 25.3 Å². The Bertz CT molecular complexity index is 775. The molecule has 0 atom stereocenters. The van der Waals surface area contributed by atoms with Crippen LogP contribution >= 0.6 is 0 Å². The topological polar surface area (TPSA) is 78.1 Å². The number of aryl methyl sites for hydroxylation is 1. The third kappa shape index (κ3) is 6.09. The fraction of sp³-hybridized carbons (Fsp3) is 0.381. The van der Waals surface area contributed by atoms with Gasteiger partial charge in [0, 0.05) is 12.6 Å². The molecule has 6 nitrogen and oxygen atoms in total. The lowest BCUT2D eigenvalue weighted by Gasteiger charge is -2.14.